The summed E-state index contributed by atoms with van der Waals surface area (Å²) in [4.78, 5) is 13.8. The minimum Gasteiger partial charge on any atom is -0.323 e. The van der Waals surface area contributed by atoms with Crippen molar-refractivity contribution >= 4 is 35.7 Å². The molecule has 2 rings (SSSR count). The lowest BCUT2D eigenvalue weighted by molar-refractivity contribution is 0.221. The third-order valence-electron chi connectivity index (χ3n) is 3.00. The van der Waals surface area contributed by atoms with Crippen LogP contribution in [0.1, 0.15) is 6.42 Å². The summed E-state index contributed by atoms with van der Waals surface area (Å²) >= 11 is 5.99. The van der Waals surface area contributed by atoms with Gasteiger partial charge in [-0.05, 0) is 25.6 Å². The highest BCUT2D eigenvalue weighted by Gasteiger charge is 2.25. The molecule has 4 nitrogen and oxygen atoms in total. The van der Waals surface area contributed by atoms with Gasteiger partial charge in [-0.15, -0.1) is 12.4 Å². The second-order valence-electron chi connectivity index (χ2n) is 4.13. The van der Waals surface area contributed by atoms with Crippen LogP contribution in [0.25, 0.3) is 0 Å². The van der Waals surface area contributed by atoms with Crippen molar-refractivity contribution in [1.82, 2.24) is 10.2 Å². The zero-order valence-electron chi connectivity index (χ0n) is 10.1. The molecular formula is C12H17Cl2N3O. The number of hydrogen-bond acceptors (Lipinski definition) is 2. The molecule has 0 bridgehead atoms. The van der Waals surface area contributed by atoms with Crippen LogP contribution >= 0.6 is 24.0 Å². The van der Waals surface area contributed by atoms with Crippen molar-refractivity contribution in [3.8, 4) is 0 Å². The summed E-state index contributed by atoms with van der Waals surface area (Å²) in [5.74, 6) is 0. The first-order chi connectivity index (χ1) is 8.20. The van der Waals surface area contributed by atoms with Crippen LogP contribution in [0.15, 0.2) is 24.3 Å². The van der Waals surface area contributed by atoms with Gasteiger partial charge in [0, 0.05) is 19.1 Å². The van der Waals surface area contributed by atoms with Gasteiger partial charge < -0.3 is 15.5 Å². The minimum atomic E-state index is -0.0872. The molecule has 1 aromatic rings. The number of para-hydroxylation sites is 1. The van der Waals surface area contributed by atoms with Crippen LogP contribution in [0, 0.1) is 0 Å². The number of urea groups is 1. The van der Waals surface area contributed by atoms with E-state index < -0.39 is 0 Å². The van der Waals surface area contributed by atoms with E-state index in [2.05, 4.69) is 10.6 Å². The summed E-state index contributed by atoms with van der Waals surface area (Å²) < 4.78 is 0. The fraction of sp³-hybridized carbons (Fsp3) is 0.417. The van der Waals surface area contributed by atoms with E-state index in [1.165, 1.54) is 0 Å². The first kappa shape index (κ1) is 15.1. The molecule has 1 aromatic carbocycles. The van der Waals surface area contributed by atoms with E-state index in [1.54, 1.807) is 17.0 Å². The summed E-state index contributed by atoms with van der Waals surface area (Å²) in [6.07, 6.45) is 0.993. The minimum absolute atomic E-state index is 0. The van der Waals surface area contributed by atoms with Gasteiger partial charge in [-0.1, -0.05) is 23.7 Å². The number of nitrogens with one attached hydrogen (secondary N) is 2. The van der Waals surface area contributed by atoms with Crippen molar-refractivity contribution in [2.75, 3.05) is 25.5 Å². The Balaban J connectivity index is 0.00000162. The van der Waals surface area contributed by atoms with Crippen LogP contribution in [-0.2, 0) is 0 Å². The first-order valence-corrected chi connectivity index (χ1v) is 6.06. The second-order valence-corrected chi connectivity index (χ2v) is 4.54. The first-order valence-electron chi connectivity index (χ1n) is 5.68. The molecule has 0 aromatic heterocycles. The van der Waals surface area contributed by atoms with Crippen LogP contribution in [0.4, 0.5) is 10.5 Å². The summed E-state index contributed by atoms with van der Waals surface area (Å²) in [6, 6.07) is 7.55. The van der Waals surface area contributed by atoms with Gasteiger partial charge >= 0.3 is 6.03 Å². The van der Waals surface area contributed by atoms with Crippen LogP contribution in [0.3, 0.4) is 0 Å². The maximum absolute atomic E-state index is 12.0. The quantitative estimate of drug-likeness (QED) is 0.879. The molecule has 2 N–H and O–H groups in total. The van der Waals surface area contributed by atoms with Crippen molar-refractivity contribution in [2.45, 2.75) is 12.5 Å². The summed E-state index contributed by atoms with van der Waals surface area (Å²) in [5.41, 5.74) is 0.659. The van der Waals surface area contributed by atoms with Gasteiger partial charge in [0.2, 0.25) is 0 Å². The molecule has 1 heterocycles. The third kappa shape index (κ3) is 3.51. The van der Waals surface area contributed by atoms with Gasteiger partial charge in [-0.2, -0.15) is 0 Å². The predicted octanol–water partition coefficient (Wildman–Crippen LogP) is 2.59. The Labute approximate surface area is 118 Å². The summed E-state index contributed by atoms with van der Waals surface area (Å²) in [7, 11) is 1.92. The molecule has 0 aliphatic carbocycles. The van der Waals surface area contributed by atoms with E-state index in [0.29, 0.717) is 16.8 Å². The zero-order valence-corrected chi connectivity index (χ0v) is 11.7. The van der Waals surface area contributed by atoms with Crippen molar-refractivity contribution in [2.24, 2.45) is 0 Å². The fourth-order valence-electron chi connectivity index (χ4n) is 1.94. The lowest BCUT2D eigenvalue weighted by atomic mass is 10.3. The number of rotatable bonds is 2. The highest BCUT2D eigenvalue weighted by Crippen LogP contribution is 2.21. The van der Waals surface area contributed by atoms with Crippen LogP contribution in [0.2, 0.25) is 5.02 Å². The number of carbonyl (C=O) groups is 1. The Morgan fingerprint density at radius 3 is 2.78 bits per heavy atom. The Morgan fingerprint density at radius 1 is 1.44 bits per heavy atom. The lowest BCUT2D eigenvalue weighted by Gasteiger charge is -2.17. The highest BCUT2D eigenvalue weighted by atomic mass is 35.5. The van der Waals surface area contributed by atoms with Crippen molar-refractivity contribution < 1.29 is 4.79 Å². The third-order valence-corrected chi connectivity index (χ3v) is 3.33. The molecule has 2 amide bonds. The number of likely N-dealkylation sites (tertiary alicyclic amines) is 1. The van der Waals surface area contributed by atoms with Gasteiger partial charge in [0.25, 0.3) is 0 Å². The number of hydrogen-bond donors (Lipinski definition) is 2. The maximum atomic E-state index is 12.0. The van der Waals surface area contributed by atoms with Gasteiger partial charge in [0.1, 0.15) is 0 Å². The number of likely N-dealkylation sites (N-methyl/N-ethyl adjacent to an activating group) is 1. The van der Waals surface area contributed by atoms with E-state index in [1.807, 2.05) is 19.2 Å². The van der Waals surface area contributed by atoms with Gasteiger partial charge in [-0.25, -0.2) is 4.79 Å². The maximum Gasteiger partial charge on any atom is 0.321 e. The van der Waals surface area contributed by atoms with E-state index >= 15 is 0 Å². The largest absolute Gasteiger partial charge is 0.323 e. The number of amides is 2. The average molecular weight is 290 g/mol. The fourth-order valence-corrected chi connectivity index (χ4v) is 2.12. The Hall–Kier alpha value is -0.970. The number of carbonyl (C=O) groups excluding carboxylic acids is 1. The predicted molar refractivity (Wildman–Crippen MR) is 76.8 cm³/mol. The highest BCUT2D eigenvalue weighted by molar-refractivity contribution is 6.33. The normalized spacial score (nSPS) is 18.3. The van der Waals surface area contributed by atoms with Crippen molar-refractivity contribution in [3.63, 3.8) is 0 Å². The monoisotopic (exact) mass is 289 g/mol. The molecule has 1 saturated heterocycles. The molecule has 1 aliphatic heterocycles. The van der Waals surface area contributed by atoms with E-state index in [-0.39, 0.29) is 18.4 Å². The van der Waals surface area contributed by atoms with Gasteiger partial charge in [-0.3, -0.25) is 0 Å². The van der Waals surface area contributed by atoms with Crippen molar-refractivity contribution in [3.05, 3.63) is 29.3 Å². The molecule has 1 fully saturated rings. The Kier molecular flexibility index (Phi) is 5.72. The number of benzene rings is 1. The molecule has 0 radical (unpaired) electrons. The van der Waals surface area contributed by atoms with Crippen LogP contribution < -0.4 is 10.6 Å². The van der Waals surface area contributed by atoms with Crippen LogP contribution in [-0.4, -0.2) is 37.1 Å². The number of anilines is 1. The Bertz CT molecular complexity index is 414. The topological polar surface area (TPSA) is 44.4 Å². The van der Waals surface area contributed by atoms with E-state index in [9.17, 15) is 4.79 Å². The van der Waals surface area contributed by atoms with E-state index in [4.69, 9.17) is 11.6 Å². The molecule has 1 unspecified atom stereocenters. The van der Waals surface area contributed by atoms with Crippen LogP contribution in [0.5, 0.6) is 0 Å². The molecule has 1 atom stereocenters. The average Bonchev–Trinajstić information content (AvgIpc) is 2.81. The van der Waals surface area contributed by atoms with Gasteiger partial charge in [0.05, 0.1) is 10.7 Å². The smallest absolute Gasteiger partial charge is 0.321 e. The molecule has 100 valence electrons. The van der Waals surface area contributed by atoms with E-state index in [0.717, 1.165) is 19.5 Å². The number of nitrogens with zero attached hydrogens (tertiary/aromatic N) is 1. The SMILES string of the molecule is CNC1CCN(C(=O)Nc2ccccc2Cl)C1.Cl. The summed E-state index contributed by atoms with van der Waals surface area (Å²) in [6.45, 7) is 1.52. The Morgan fingerprint density at radius 2 is 2.17 bits per heavy atom. The van der Waals surface area contributed by atoms with Gasteiger partial charge in [0.15, 0.2) is 0 Å². The molecule has 0 spiro atoms. The molecular weight excluding hydrogens is 273 g/mol. The zero-order chi connectivity index (χ0) is 12.3. The lowest BCUT2D eigenvalue weighted by Crippen LogP contribution is -2.36. The van der Waals surface area contributed by atoms with Crippen molar-refractivity contribution in [1.29, 1.82) is 0 Å². The number of halogens is 2. The molecule has 1 aliphatic rings. The molecule has 0 saturated carbocycles. The summed E-state index contributed by atoms with van der Waals surface area (Å²) in [5, 5.41) is 6.56. The molecule has 6 heteroatoms. The standard InChI is InChI=1S/C12H16ClN3O.ClH/c1-14-9-6-7-16(8-9)12(17)15-11-5-3-2-4-10(11)13;/h2-5,9,14H,6-8H2,1H3,(H,15,17);1H. The molecule has 18 heavy (non-hydrogen) atoms. The second kappa shape index (κ2) is 6.83.